The van der Waals surface area contributed by atoms with Crippen LogP contribution in [0, 0.1) is 0 Å². The summed E-state index contributed by atoms with van der Waals surface area (Å²) < 4.78 is 17.1. The Hall–Kier alpha value is -3.44. The van der Waals surface area contributed by atoms with Crippen LogP contribution in [-0.2, 0) is 23.8 Å². The van der Waals surface area contributed by atoms with Gasteiger partial charge in [0.1, 0.15) is 6.61 Å². The Morgan fingerprint density at radius 3 is 1.33 bits per heavy atom. The summed E-state index contributed by atoms with van der Waals surface area (Å²) in [4.78, 5) is 25.1. The van der Waals surface area contributed by atoms with Gasteiger partial charge < -0.3 is 14.2 Å². The Labute approximate surface area is 332 Å². The maximum atomic E-state index is 12.6. The molecule has 5 nitrogen and oxygen atoms in total. The molecule has 5 heteroatoms. The molecular formula is C49H78O5. The molecule has 0 aliphatic carbocycles. The van der Waals surface area contributed by atoms with Crippen LogP contribution in [0.5, 0.6) is 0 Å². The lowest BCUT2D eigenvalue weighted by Crippen LogP contribution is -2.30. The van der Waals surface area contributed by atoms with Gasteiger partial charge in [-0.25, -0.2) is 0 Å². The average molecular weight is 747 g/mol. The van der Waals surface area contributed by atoms with Gasteiger partial charge in [-0.05, 0) is 89.9 Å². The molecule has 0 heterocycles. The summed E-state index contributed by atoms with van der Waals surface area (Å²) in [5.41, 5.74) is 0. The molecule has 0 aliphatic rings. The lowest BCUT2D eigenvalue weighted by Gasteiger charge is -2.18. The van der Waals surface area contributed by atoms with Crippen LogP contribution in [0.15, 0.2) is 109 Å². The van der Waals surface area contributed by atoms with Gasteiger partial charge in [-0.3, -0.25) is 9.59 Å². The lowest BCUT2D eigenvalue weighted by atomic mass is 10.1. The van der Waals surface area contributed by atoms with Gasteiger partial charge in [0.2, 0.25) is 0 Å². The maximum Gasteiger partial charge on any atom is 0.306 e. The van der Waals surface area contributed by atoms with E-state index in [1.54, 1.807) is 0 Å². The number of esters is 2. The Balaban J connectivity index is 4.39. The van der Waals surface area contributed by atoms with Crippen molar-refractivity contribution in [3.05, 3.63) is 109 Å². The van der Waals surface area contributed by atoms with Crippen LogP contribution in [0.3, 0.4) is 0 Å². The van der Waals surface area contributed by atoms with E-state index in [9.17, 15) is 9.59 Å². The minimum absolute atomic E-state index is 0.0279. The number of hydrogen-bond donors (Lipinski definition) is 0. The molecule has 304 valence electrons. The first kappa shape index (κ1) is 50.6. The molecule has 0 aromatic carbocycles. The van der Waals surface area contributed by atoms with E-state index in [1.165, 1.54) is 25.7 Å². The van der Waals surface area contributed by atoms with Gasteiger partial charge >= 0.3 is 11.9 Å². The fourth-order valence-corrected chi connectivity index (χ4v) is 5.21. The molecule has 0 rings (SSSR count). The lowest BCUT2D eigenvalue weighted by molar-refractivity contribution is -0.162. The zero-order chi connectivity index (χ0) is 39.3. The molecule has 54 heavy (non-hydrogen) atoms. The third kappa shape index (κ3) is 41.3. The summed E-state index contributed by atoms with van der Waals surface area (Å²) in [5.74, 6) is -0.504. The second kappa shape index (κ2) is 44.0. The van der Waals surface area contributed by atoms with E-state index in [0.717, 1.165) is 103 Å². The predicted octanol–water partition coefficient (Wildman–Crippen LogP) is 14.1. The monoisotopic (exact) mass is 747 g/mol. The number of carbonyl (C=O) groups excluding carboxylic acids is 2. The van der Waals surface area contributed by atoms with E-state index in [-0.39, 0.29) is 25.2 Å². The topological polar surface area (TPSA) is 61.8 Å². The zero-order valence-electron chi connectivity index (χ0n) is 34.7. The van der Waals surface area contributed by atoms with E-state index in [1.807, 2.05) is 0 Å². The molecule has 0 aromatic heterocycles. The van der Waals surface area contributed by atoms with Gasteiger partial charge in [-0.2, -0.15) is 0 Å². The van der Waals surface area contributed by atoms with Crippen molar-refractivity contribution in [2.45, 2.75) is 168 Å². The SMILES string of the molecule is CC/C=C\C/C=C\C/C=C\C/C=C\C/C=C\CCOCC(COC(=O)CCCC/C=C\C/C=C\C/C=C\C/C=C\CC)OC(=O)CCCCCCCCC. The van der Waals surface area contributed by atoms with Gasteiger partial charge in [0, 0.05) is 12.8 Å². The molecule has 0 bridgehead atoms. The van der Waals surface area contributed by atoms with Crippen LogP contribution in [0.2, 0.25) is 0 Å². The molecule has 0 aliphatic heterocycles. The highest BCUT2D eigenvalue weighted by molar-refractivity contribution is 5.70. The smallest absolute Gasteiger partial charge is 0.306 e. The minimum Gasteiger partial charge on any atom is -0.462 e. The molecule has 0 N–H and O–H groups in total. The van der Waals surface area contributed by atoms with Crippen molar-refractivity contribution >= 4 is 11.9 Å². The second-order valence-corrected chi connectivity index (χ2v) is 13.5. The minimum atomic E-state index is -0.594. The Bertz CT molecular complexity index is 1120. The predicted molar refractivity (Wildman–Crippen MR) is 233 cm³/mol. The van der Waals surface area contributed by atoms with Gasteiger partial charge in [0.15, 0.2) is 6.10 Å². The van der Waals surface area contributed by atoms with E-state index in [0.29, 0.717) is 19.4 Å². The maximum absolute atomic E-state index is 12.6. The summed E-state index contributed by atoms with van der Waals surface area (Å²) >= 11 is 0. The first-order valence-electron chi connectivity index (χ1n) is 21.4. The summed E-state index contributed by atoms with van der Waals surface area (Å²) in [6.07, 6.45) is 59.8. The zero-order valence-corrected chi connectivity index (χ0v) is 34.7. The second-order valence-electron chi connectivity index (χ2n) is 13.5. The van der Waals surface area contributed by atoms with Crippen molar-refractivity contribution in [1.29, 1.82) is 0 Å². The molecule has 0 saturated heterocycles. The summed E-state index contributed by atoms with van der Waals surface area (Å²) in [5, 5.41) is 0. The molecule has 0 fully saturated rings. The third-order valence-electron chi connectivity index (χ3n) is 8.32. The van der Waals surface area contributed by atoms with E-state index >= 15 is 0 Å². The number of unbranched alkanes of at least 4 members (excludes halogenated alkanes) is 8. The Morgan fingerprint density at radius 1 is 0.426 bits per heavy atom. The van der Waals surface area contributed by atoms with Gasteiger partial charge in [-0.1, -0.05) is 169 Å². The molecule has 0 aromatic rings. The molecule has 0 saturated carbocycles. The highest BCUT2D eigenvalue weighted by Crippen LogP contribution is 2.11. The quantitative estimate of drug-likeness (QED) is 0.0360. The largest absolute Gasteiger partial charge is 0.462 e. The third-order valence-corrected chi connectivity index (χ3v) is 8.32. The molecular weight excluding hydrogens is 669 g/mol. The van der Waals surface area contributed by atoms with E-state index in [2.05, 4.69) is 130 Å². The number of ether oxygens (including phenoxy) is 3. The van der Waals surface area contributed by atoms with Crippen LogP contribution in [0.1, 0.15) is 162 Å². The van der Waals surface area contributed by atoms with Crippen LogP contribution >= 0.6 is 0 Å². The molecule has 1 unspecified atom stereocenters. The highest BCUT2D eigenvalue weighted by Gasteiger charge is 2.17. The van der Waals surface area contributed by atoms with E-state index < -0.39 is 6.10 Å². The first-order chi connectivity index (χ1) is 26.6. The fraction of sp³-hybridized carbons (Fsp3) is 0.592. The molecule has 0 spiro atoms. The van der Waals surface area contributed by atoms with Gasteiger partial charge in [0.25, 0.3) is 0 Å². The highest BCUT2D eigenvalue weighted by atomic mass is 16.6. The van der Waals surface area contributed by atoms with Crippen LogP contribution in [-0.4, -0.2) is 37.9 Å². The molecule has 0 radical (unpaired) electrons. The van der Waals surface area contributed by atoms with Crippen molar-refractivity contribution in [2.75, 3.05) is 19.8 Å². The van der Waals surface area contributed by atoms with Crippen LogP contribution in [0.4, 0.5) is 0 Å². The Kier molecular flexibility index (Phi) is 41.2. The summed E-state index contributed by atoms with van der Waals surface area (Å²) in [6.45, 7) is 7.27. The van der Waals surface area contributed by atoms with Crippen molar-refractivity contribution in [3.8, 4) is 0 Å². The van der Waals surface area contributed by atoms with Crippen molar-refractivity contribution in [3.63, 3.8) is 0 Å². The van der Waals surface area contributed by atoms with Crippen molar-refractivity contribution < 1.29 is 23.8 Å². The van der Waals surface area contributed by atoms with Crippen molar-refractivity contribution in [2.24, 2.45) is 0 Å². The number of carbonyl (C=O) groups is 2. The average Bonchev–Trinajstić information content (AvgIpc) is 3.17. The van der Waals surface area contributed by atoms with E-state index in [4.69, 9.17) is 14.2 Å². The van der Waals surface area contributed by atoms with Crippen LogP contribution in [0.25, 0.3) is 0 Å². The van der Waals surface area contributed by atoms with Gasteiger partial charge in [0.05, 0.1) is 13.2 Å². The normalized spacial score (nSPS) is 13.3. The Morgan fingerprint density at radius 2 is 0.833 bits per heavy atom. The first-order valence-corrected chi connectivity index (χ1v) is 21.4. The molecule has 1 atom stereocenters. The van der Waals surface area contributed by atoms with Gasteiger partial charge in [-0.15, -0.1) is 0 Å². The number of rotatable bonds is 37. The number of allylic oxidation sites excluding steroid dienone is 17. The molecule has 0 amide bonds. The number of hydrogen-bond acceptors (Lipinski definition) is 5. The van der Waals surface area contributed by atoms with Crippen molar-refractivity contribution in [1.82, 2.24) is 0 Å². The standard InChI is InChI=1S/C49H78O5/c1-4-7-10-13-16-18-20-22-24-26-28-30-32-35-38-41-44-52-45-47(54-49(51)43-40-37-33-15-12-9-6-3)46-53-48(50)42-39-36-34-31-29-27-25-23-21-19-17-14-11-8-5-2/h7-8,10-11,16-19,22-25,28-31,35,38,47H,4-6,9,12-15,20-21,26-27,32-34,36-37,39-46H2,1-3H3/b10-7-,11-8-,18-16-,19-17-,24-22-,25-23-,30-28-,31-29-,38-35-. The summed E-state index contributed by atoms with van der Waals surface area (Å²) in [7, 11) is 0. The summed E-state index contributed by atoms with van der Waals surface area (Å²) in [6, 6.07) is 0. The fourth-order valence-electron chi connectivity index (χ4n) is 5.21. The van der Waals surface area contributed by atoms with Crippen LogP contribution < -0.4 is 0 Å².